The molecule has 0 fully saturated rings. The van der Waals surface area contributed by atoms with Gasteiger partial charge in [0.15, 0.2) is 0 Å². The van der Waals surface area contributed by atoms with Gasteiger partial charge in [-0.1, -0.05) is 182 Å². The highest BCUT2D eigenvalue weighted by atomic mass is 16.3. The molecular weight excluding hydrogens is 679 g/mol. The van der Waals surface area contributed by atoms with Crippen LogP contribution in [0.4, 0.5) is 17.1 Å². The molecule has 11 rings (SSSR count). The Labute approximate surface area is 325 Å². The topological polar surface area (TPSA) is 16.4 Å². The van der Waals surface area contributed by atoms with Crippen molar-refractivity contribution < 1.29 is 4.42 Å². The van der Waals surface area contributed by atoms with Gasteiger partial charge in [-0.25, -0.2) is 0 Å². The zero-order valence-electron chi connectivity index (χ0n) is 30.6. The fourth-order valence-electron chi connectivity index (χ4n) is 8.62. The number of para-hydroxylation sites is 2. The molecule has 0 aliphatic rings. The summed E-state index contributed by atoms with van der Waals surface area (Å²) >= 11 is 0. The van der Waals surface area contributed by atoms with Crippen molar-refractivity contribution in [3.8, 4) is 33.4 Å². The molecule has 0 radical (unpaired) electrons. The molecule has 2 nitrogen and oxygen atoms in total. The quantitative estimate of drug-likeness (QED) is 0.160. The van der Waals surface area contributed by atoms with E-state index in [2.05, 4.69) is 217 Å². The predicted molar refractivity (Wildman–Crippen MR) is 237 cm³/mol. The largest absolute Gasteiger partial charge is 0.455 e. The van der Waals surface area contributed by atoms with Crippen LogP contribution >= 0.6 is 0 Å². The first kappa shape index (κ1) is 32.0. The van der Waals surface area contributed by atoms with E-state index >= 15 is 0 Å². The van der Waals surface area contributed by atoms with Crippen molar-refractivity contribution in [2.75, 3.05) is 4.90 Å². The van der Waals surface area contributed by atoms with E-state index in [0.29, 0.717) is 0 Å². The first-order valence-corrected chi connectivity index (χ1v) is 19.2. The van der Waals surface area contributed by atoms with Crippen LogP contribution in [0.3, 0.4) is 0 Å². The maximum Gasteiger partial charge on any atom is 0.143 e. The summed E-state index contributed by atoms with van der Waals surface area (Å²) < 4.78 is 6.85. The Morgan fingerprint density at radius 3 is 1.59 bits per heavy atom. The molecule has 10 aromatic carbocycles. The molecule has 0 spiro atoms. The van der Waals surface area contributed by atoms with E-state index in [9.17, 15) is 0 Å². The lowest BCUT2D eigenvalue weighted by Gasteiger charge is -2.27. The Morgan fingerprint density at radius 1 is 0.286 bits per heavy atom. The summed E-state index contributed by atoms with van der Waals surface area (Å²) in [5, 5.41) is 9.70. The van der Waals surface area contributed by atoms with Crippen LogP contribution in [0, 0.1) is 0 Å². The van der Waals surface area contributed by atoms with Gasteiger partial charge < -0.3 is 9.32 Å². The minimum Gasteiger partial charge on any atom is -0.455 e. The van der Waals surface area contributed by atoms with Gasteiger partial charge in [-0.2, -0.15) is 0 Å². The van der Waals surface area contributed by atoms with Crippen LogP contribution < -0.4 is 4.90 Å². The van der Waals surface area contributed by atoms with Crippen LogP contribution in [0.1, 0.15) is 0 Å². The fraction of sp³-hybridized carbons (Fsp3) is 0. The minimum absolute atomic E-state index is 0.895. The zero-order chi connectivity index (χ0) is 37.0. The lowest BCUT2D eigenvalue weighted by atomic mass is 9.94. The van der Waals surface area contributed by atoms with Gasteiger partial charge in [0.2, 0.25) is 0 Å². The third-order valence-corrected chi connectivity index (χ3v) is 11.3. The third kappa shape index (κ3) is 5.26. The molecule has 1 aromatic heterocycles. The van der Waals surface area contributed by atoms with Gasteiger partial charge in [0.1, 0.15) is 11.2 Å². The van der Waals surface area contributed by atoms with Crippen LogP contribution in [0.5, 0.6) is 0 Å². The summed E-state index contributed by atoms with van der Waals surface area (Å²) in [6, 6.07) is 76.3. The molecule has 1 heterocycles. The lowest BCUT2D eigenvalue weighted by Crippen LogP contribution is -2.10. The van der Waals surface area contributed by atoms with Gasteiger partial charge >= 0.3 is 0 Å². The molecule has 0 aliphatic heterocycles. The molecule has 0 N–H and O–H groups in total. The second-order valence-electron chi connectivity index (χ2n) is 14.5. The van der Waals surface area contributed by atoms with Gasteiger partial charge in [0.25, 0.3) is 0 Å². The molecule has 0 saturated heterocycles. The molecule has 0 unspecified atom stereocenters. The Balaban J connectivity index is 1.06. The van der Waals surface area contributed by atoms with E-state index < -0.39 is 0 Å². The van der Waals surface area contributed by atoms with Crippen molar-refractivity contribution in [3.63, 3.8) is 0 Å². The van der Waals surface area contributed by atoms with Crippen LogP contribution in [0.15, 0.2) is 217 Å². The molecule has 56 heavy (non-hydrogen) atoms. The van der Waals surface area contributed by atoms with E-state index in [1.54, 1.807) is 0 Å². The summed E-state index contributed by atoms with van der Waals surface area (Å²) in [7, 11) is 0. The smallest absolute Gasteiger partial charge is 0.143 e. The average Bonchev–Trinajstić information content (AvgIpc) is 3.66. The Morgan fingerprint density at radius 2 is 0.821 bits per heavy atom. The Bertz CT molecular complexity index is 3240. The Kier molecular flexibility index (Phi) is 7.53. The second-order valence-corrected chi connectivity index (χ2v) is 14.5. The molecule has 0 amide bonds. The van der Waals surface area contributed by atoms with E-state index in [1.807, 2.05) is 0 Å². The highest BCUT2D eigenvalue weighted by Gasteiger charge is 2.19. The molecule has 11 aromatic rings. The average molecular weight is 714 g/mol. The summed E-state index contributed by atoms with van der Waals surface area (Å²) in [4.78, 5) is 2.39. The van der Waals surface area contributed by atoms with Crippen LogP contribution in [-0.4, -0.2) is 0 Å². The number of benzene rings is 10. The second kappa shape index (κ2) is 13.2. The number of hydrogen-bond acceptors (Lipinski definition) is 2. The first-order chi connectivity index (χ1) is 27.8. The van der Waals surface area contributed by atoms with Gasteiger partial charge in [-0.3, -0.25) is 0 Å². The SMILES string of the molecule is c1ccc(-c2cccc3c2oc2c(-c4cccc(N(c5ccc(-c6cccc7c6ccc6ccccc67)cc5)c5cccc6ccccc56)c4)cccc23)cc1. The lowest BCUT2D eigenvalue weighted by molar-refractivity contribution is 0.671. The van der Waals surface area contributed by atoms with Gasteiger partial charge in [0, 0.05) is 38.7 Å². The zero-order valence-corrected chi connectivity index (χ0v) is 30.6. The van der Waals surface area contributed by atoms with Crippen LogP contribution in [0.25, 0.3) is 87.6 Å². The van der Waals surface area contributed by atoms with E-state index in [0.717, 1.165) is 61.3 Å². The number of fused-ring (bicyclic) bond motifs is 7. The first-order valence-electron chi connectivity index (χ1n) is 19.2. The highest BCUT2D eigenvalue weighted by Crippen LogP contribution is 2.44. The van der Waals surface area contributed by atoms with E-state index in [-0.39, 0.29) is 0 Å². The van der Waals surface area contributed by atoms with Crippen molar-refractivity contribution in [1.82, 2.24) is 0 Å². The standard InChI is InChI=1S/C54H35NO/c1-2-13-37(14-3-1)46-23-11-26-50-51-27-12-24-47(54(51)56-53(46)50)40-18-8-19-42(35-40)55(52-28-9-17-36-15-5-7-21-45(36)52)41-32-29-39(30-33-41)44-22-10-25-48-43-20-6-4-16-38(43)31-34-49(44)48/h1-35H. The minimum atomic E-state index is 0.895. The summed E-state index contributed by atoms with van der Waals surface area (Å²) in [5.74, 6) is 0. The third-order valence-electron chi connectivity index (χ3n) is 11.3. The molecule has 0 atom stereocenters. The van der Waals surface area contributed by atoms with Crippen molar-refractivity contribution in [2.45, 2.75) is 0 Å². The number of hydrogen-bond donors (Lipinski definition) is 0. The predicted octanol–water partition coefficient (Wildman–Crippen LogP) is 15.5. The molecule has 0 bridgehead atoms. The number of rotatable bonds is 6. The number of nitrogens with zero attached hydrogens (tertiary/aromatic N) is 1. The van der Waals surface area contributed by atoms with Gasteiger partial charge in [-0.05, 0) is 79.5 Å². The van der Waals surface area contributed by atoms with Crippen molar-refractivity contribution in [1.29, 1.82) is 0 Å². The monoisotopic (exact) mass is 713 g/mol. The molecule has 262 valence electrons. The molecule has 2 heteroatoms. The maximum atomic E-state index is 6.85. The summed E-state index contributed by atoms with van der Waals surface area (Å²) in [6.45, 7) is 0. The van der Waals surface area contributed by atoms with Crippen LogP contribution in [-0.2, 0) is 0 Å². The Hall–Kier alpha value is -7.42. The van der Waals surface area contributed by atoms with Gasteiger partial charge in [0.05, 0.1) is 5.69 Å². The summed E-state index contributed by atoms with van der Waals surface area (Å²) in [5.41, 5.74) is 11.9. The highest BCUT2D eigenvalue weighted by molar-refractivity contribution is 6.14. The van der Waals surface area contributed by atoms with E-state index in [4.69, 9.17) is 4.42 Å². The number of furan rings is 1. The van der Waals surface area contributed by atoms with Crippen LogP contribution in [0.2, 0.25) is 0 Å². The normalized spacial score (nSPS) is 11.6. The van der Waals surface area contributed by atoms with E-state index in [1.165, 1.54) is 43.4 Å². The molecular formula is C54H35NO. The van der Waals surface area contributed by atoms with Crippen molar-refractivity contribution in [2.24, 2.45) is 0 Å². The molecule has 0 aliphatic carbocycles. The molecule has 0 saturated carbocycles. The van der Waals surface area contributed by atoms with Crippen molar-refractivity contribution >= 4 is 71.3 Å². The van der Waals surface area contributed by atoms with Gasteiger partial charge in [-0.15, -0.1) is 0 Å². The summed E-state index contributed by atoms with van der Waals surface area (Å²) in [6.07, 6.45) is 0. The maximum absolute atomic E-state index is 6.85. The van der Waals surface area contributed by atoms with Crippen molar-refractivity contribution in [3.05, 3.63) is 212 Å². The fourth-order valence-corrected chi connectivity index (χ4v) is 8.62. The number of anilines is 3.